The van der Waals surface area contributed by atoms with Crippen LogP contribution in [0.3, 0.4) is 0 Å². The zero-order valence-electron chi connectivity index (χ0n) is 58.5. The Hall–Kier alpha value is -10.5. The summed E-state index contributed by atoms with van der Waals surface area (Å²) in [6.45, 7) is 18.5. The Balaban J connectivity index is 0.000000202. The molecule has 6 amide bonds. The van der Waals surface area contributed by atoms with E-state index in [2.05, 4.69) is 62.4 Å². The number of nitrogens with two attached hydrogens (primary N) is 2. The molecule has 0 saturated carbocycles. The van der Waals surface area contributed by atoms with Crippen molar-refractivity contribution < 1.29 is 52.5 Å². The molecule has 0 aliphatic carbocycles. The number of ether oxygens (including phenoxy) is 4. The second-order valence-electron chi connectivity index (χ2n) is 23.7. The van der Waals surface area contributed by atoms with Gasteiger partial charge < -0.3 is 74.6 Å². The number of likely N-dealkylation sites (tertiary alicyclic amines) is 1. The average Bonchev–Trinajstić information content (AvgIpc) is 1.68. The molecule has 21 nitrogen and oxygen atoms in total. The Kier molecular flexibility index (Phi) is 29.4. The summed E-state index contributed by atoms with van der Waals surface area (Å²) in [5, 5.41) is 8.42. The van der Waals surface area contributed by atoms with Crippen LogP contribution in [0.4, 0.5) is 22.7 Å². The topological polar surface area (TPSA) is 255 Å². The van der Waals surface area contributed by atoms with Crippen molar-refractivity contribution >= 4 is 86.3 Å². The standard InChI is InChI=1S/C26H32N4O3.C14H17N3O.C13H17NO2.C12H15NO3.C12H15NO2/c1-18(31)28(2)23-5-4-6-25(33-3)22(23)12-15-29-13-10-21(11-14-29)30-16-9-19-7-8-20(26(27)32)17-24(19)30;15-14(18)11-2-1-10-5-8-17(13(10)9-11)12-3-6-16-7-4-12;1-5-7-11-12(14(3)10(2)15)8-6-9-13(11)16-4;1-9(15)13(2)11-5-4-6-12(16-3)10(11)7-8-14;1-4-6-10-11(13-9(2)14)7-5-8-12(10)15-3/h4-9,16-17,21H,10-15H2,1-3H3,(H2,27,32);1-2,5,8-9,12,16H,3-4,6-7H2,(H2,15,18);5-6,8-9H,1,7H2,2-4H3;4-6,8H,7H2,1-3H3;4-5,7-8H,1,6H2,2-3H3,(H,13,14). The van der Waals surface area contributed by atoms with Gasteiger partial charge in [-0.25, -0.2) is 0 Å². The number of fused-ring (bicyclic) bond motifs is 2. The molecule has 4 heterocycles. The van der Waals surface area contributed by atoms with Gasteiger partial charge in [-0.2, -0.15) is 0 Å². The lowest BCUT2D eigenvalue weighted by Gasteiger charge is -2.33. The van der Waals surface area contributed by atoms with E-state index in [9.17, 15) is 33.6 Å². The second-order valence-corrected chi connectivity index (χ2v) is 23.7. The van der Waals surface area contributed by atoms with Crippen molar-refractivity contribution in [2.24, 2.45) is 11.5 Å². The molecule has 8 aromatic rings. The Morgan fingerprint density at radius 1 is 0.531 bits per heavy atom. The van der Waals surface area contributed by atoms with Crippen molar-refractivity contribution in [1.29, 1.82) is 0 Å². The summed E-state index contributed by atoms with van der Waals surface area (Å²) in [6.07, 6.45) is 15.3. The highest BCUT2D eigenvalue weighted by molar-refractivity contribution is 5.98. The van der Waals surface area contributed by atoms with E-state index in [1.165, 1.54) is 31.1 Å². The van der Waals surface area contributed by atoms with Gasteiger partial charge in [0.05, 0.1) is 45.5 Å². The molecule has 0 bridgehead atoms. The molecule has 98 heavy (non-hydrogen) atoms. The van der Waals surface area contributed by atoms with Gasteiger partial charge >= 0.3 is 0 Å². The first-order chi connectivity index (χ1) is 47.0. The highest BCUT2D eigenvalue weighted by Gasteiger charge is 2.24. The molecule has 0 atom stereocenters. The molecule has 6 aromatic carbocycles. The number of hydrogen-bond acceptors (Lipinski definition) is 13. The van der Waals surface area contributed by atoms with Crippen molar-refractivity contribution in [3.63, 3.8) is 0 Å². The average molecular weight is 1340 g/mol. The van der Waals surface area contributed by atoms with Crippen LogP contribution < -0.4 is 55.7 Å². The van der Waals surface area contributed by atoms with Crippen LogP contribution in [0.15, 0.2) is 159 Å². The number of amides is 6. The zero-order chi connectivity index (χ0) is 71.6. The Morgan fingerprint density at radius 3 is 1.32 bits per heavy atom. The van der Waals surface area contributed by atoms with Crippen LogP contribution in [0.2, 0.25) is 0 Å². The van der Waals surface area contributed by atoms with Gasteiger partial charge in [0.2, 0.25) is 35.4 Å². The minimum atomic E-state index is -0.398. The molecule has 0 radical (unpaired) electrons. The molecular weight excluding hydrogens is 1240 g/mol. The monoisotopic (exact) mass is 1340 g/mol. The number of benzene rings is 6. The maximum Gasteiger partial charge on any atom is 0.248 e. The summed E-state index contributed by atoms with van der Waals surface area (Å²) < 4.78 is 25.8. The first kappa shape index (κ1) is 76.5. The SMILES string of the molecule is C=CCc1c(NC(C)=O)cccc1OC.C=CCc1c(OC)cccc1N(C)C(C)=O.COc1cccc(N(C)C(C)=O)c1CC=O.COc1cccc(N(C)C(C)=O)c1CCN1CCC(n2ccc3ccc(C(N)=O)cc32)CC1.NC(=O)c1ccc2ccn(C3CCNCC3)c2c1. The van der Waals surface area contributed by atoms with E-state index in [1.807, 2.05) is 78.9 Å². The summed E-state index contributed by atoms with van der Waals surface area (Å²) >= 11 is 0. The number of hydrogen-bond donors (Lipinski definition) is 4. The fourth-order valence-corrected chi connectivity index (χ4v) is 12.0. The second kappa shape index (κ2) is 37.7. The molecule has 6 N–H and O–H groups in total. The van der Waals surface area contributed by atoms with Gasteiger partial charge in [-0.05, 0) is 154 Å². The minimum Gasteiger partial charge on any atom is -0.496 e. The Bertz CT molecular complexity index is 3990. The molecule has 520 valence electrons. The number of rotatable bonds is 21. The molecule has 2 aliphatic heterocycles. The van der Waals surface area contributed by atoms with E-state index in [4.69, 9.17) is 30.4 Å². The highest BCUT2D eigenvalue weighted by atomic mass is 16.5. The Morgan fingerprint density at radius 2 is 0.918 bits per heavy atom. The number of anilines is 4. The van der Waals surface area contributed by atoms with Crippen molar-refractivity contribution in [2.75, 3.05) is 102 Å². The largest absolute Gasteiger partial charge is 0.496 e. The Labute approximate surface area is 575 Å². The quantitative estimate of drug-likeness (QED) is 0.0386. The fraction of sp³-hybridized carbons (Fsp3) is 0.338. The van der Waals surface area contributed by atoms with E-state index >= 15 is 0 Å². The lowest BCUT2D eigenvalue weighted by atomic mass is 10.0. The molecular formula is C77H96N10O11. The zero-order valence-corrected chi connectivity index (χ0v) is 58.5. The van der Waals surface area contributed by atoms with Gasteiger partial charge in [-0.1, -0.05) is 48.6 Å². The smallest absolute Gasteiger partial charge is 0.248 e. The van der Waals surface area contributed by atoms with E-state index in [-0.39, 0.29) is 36.0 Å². The molecule has 2 aliphatic rings. The number of piperidine rings is 2. The maximum absolute atomic E-state index is 11.9. The van der Waals surface area contributed by atoms with Crippen LogP contribution in [0, 0.1) is 0 Å². The van der Waals surface area contributed by atoms with Crippen LogP contribution >= 0.6 is 0 Å². The van der Waals surface area contributed by atoms with Crippen molar-refractivity contribution in [2.45, 2.75) is 91.1 Å². The van der Waals surface area contributed by atoms with Gasteiger partial charge in [-0.3, -0.25) is 28.8 Å². The predicted molar refractivity (Wildman–Crippen MR) is 392 cm³/mol. The molecule has 2 saturated heterocycles. The number of carbonyl (C=O) groups is 7. The van der Waals surface area contributed by atoms with Crippen LogP contribution in [0.5, 0.6) is 23.0 Å². The fourth-order valence-electron chi connectivity index (χ4n) is 12.0. The molecule has 21 heteroatoms. The van der Waals surface area contributed by atoms with Crippen molar-refractivity contribution in [3.05, 3.63) is 192 Å². The molecule has 0 spiro atoms. The lowest BCUT2D eigenvalue weighted by molar-refractivity contribution is -0.117. The lowest BCUT2D eigenvalue weighted by Crippen LogP contribution is -2.36. The van der Waals surface area contributed by atoms with E-state index in [0.717, 1.165) is 144 Å². The molecule has 2 fully saturated rings. The van der Waals surface area contributed by atoms with Gasteiger partial charge in [0.1, 0.15) is 29.3 Å². The number of aldehydes is 1. The molecule has 0 unspecified atom stereocenters. The third-order valence-corrected chi connectivity index (χ3v) is 17.5. The van der Waals surface area contributed by atoms with Gasteiger partial charge in [0.25, 0.3) is 0 Å². The van der Waals surface area contributed by atoms with Crippen LogP contribution in [-0.2, 0) is 49.7 Å². The first-order valence-corrected chi connectivity index (χ1v) is 32.6. The van der Waals surface area contributed by atoms with Crippen molar-refractivity contribution in [1.82, 2.24) is 19.4 Å². The normalized spacial score (nSPS) is 12.8. The number of allylic oxidation sites excluding steroid dienone is 2. The predicted octanol–water partition coefficient (Wildman–Crippen LogP) is 11.5. The van der Waals surface area contributed by atoms with Gasteiger partial charge in [-0.15, -0.1) is 13.2 Å². The summed E-state index contributed by atoms with van der Waals surface area (Å²) in [5.41, 5.74) is 21.1. The van der Waals surface area contributed by atoms with Crippen molar-refractivity contribution in [3.8, 4) is 23.0 Å². The number of nitrogens with zero attached hydrogens (tertiary/aromatic N) is 6. The van der Waals surface area contributed by atoms with E-state index < -0.39 is 5.91 Å². The summed E-state index contributed by atoms with van der Waals surface area (Å²) in [4.78, 5) is 86.4. The third kappa shape index (κ3) is 20.3. The van der Waals surface area contributed by atoms with E-state index in [1.54, 1.807) is 109 Å². The van der Waals surface area contributed by atoms with Crippen LogP contribution in [-0.4, -0.2) is 138 Å². The molecule has 10 rings (SSSR count). The number of methoxy groups -OCH3 is 4. The number of carbonyl (C=O) groups excluding carboxylic acids is 7. The van der Waals surface area contributed by atoms with Crippen LogP contribution in [0.25, 0.3) is 21.8 Å². The van der Waals surface area contributed by atoms with Gasteiger partial charge in [0, 0.05) is 149 Å². The van der Waals surface area contributed by atoms with E-state index in [0.29, 0.717) is 47.5 Å². The number of aromatic nitrogens is 2. The highest BCUT2D eigenvalue weighted by Crippen LogP contribution is 2.35. The molecule has 2 aromatic heterocycles. The first-order valence-electron chi connectivity index (χ1n) is 32.6. The minimum absolute atomic E-state index is 0.00133. The van der Waals surface area contributed by atoms with Gasteiger partial charge in [0.15, 0.2) is 0 Å². The number of primary amides is 2. The van der Waals surface area contributed by atoms with Crippen LogP contribution in [0.1, 0.15) is 108 Å². The maximum atomic E-state index is 11.9. The summed E-state index contributed by atoms with van der Waals surface area (Å²) in [7, 11) is 11.7. The number of nitrogens with one attached hydrogen (secondary N) is 2. The third-order valence-electron chi connectivity index (χ3n) is 17.5. The summed E-state index contributed by atoms with van der Waals surface area (Å²) in [6, 6.07) is 38.9. The summed E-state index contributed by atoms with van der Waals surface area (Å²) in [5.74, 6) is 2.06.